The fourth-order valence-corrected chi connectivity index (χ4v) is 2.50. The Morgan fingerprint density at radius 3 is 2.60 bits per heavy atom. The van der Waals surface area contributed by atoms with Gasteiger partial charge in [-0.1, -0.05) is 13.8 Å². The number of ether oxygens (including phenoxy) is 1. The van der Waals surface area contributed by atoms with Gasteiger partial charge in [0.2, 0.25) is 0 Å². The van der Waals surface area contributed by atoms with Gasteiger partial charge in [0.15, 0.2) is 0 Å². The molecule has 0 bridgehead atoms. The van der Waals surface area contributed by atoms with E-state index in [9.17, 15) is 4.79 Å². The lowest BCUT2D eigenvalue weighted by molar-refractivity contribution is 0.0790. The van der Waals surface area contributed by atoms with Crippen LogP contribution in [0.3, 0.4) is 0 Å². The van der Waals surface area contributed by atoms with Crippen LogP contribution in [0.2, 0.25) is 0 Å². The van der Waals surface area contributed by atoms with Gasteiger partial charge in [0, 0.05) is 25.5 Å². The van der Waals surface area contributed by atoms with E-state index in [0.717, 1.165) is 32.4 Å². The second-order valence-electron chi connectivity index (χ2n) is 5.96. The first kappa shape index (κ1) is 14.8. The Hall–Kier alpha value is -1.58. The van der Waals surface area contributed by atoms with Crippen LogP contribution in [0.1, 0.15) is 32.3 Å². The Kier molecular flexibility index (Phi) is 5.39. The van der Waals surface area contributed by atoms with Crippen molar-refractivity contribution in [3.63, 3.8) is 0 Å². The zero-order valence-electron chi connectivity index (χ0n) is 12.4. The van der Waals surface area contributed by atoms with Crippen molar-refractivity contribution in [3.8, 4) is 0 Å². The molecule has 0 saturated carbocycles. The topological polar surface area (TPSA) is 42.4 Å². The van der Waals surface area contributed by atoms with Crippen LogP contribution in [-0.2, 0) is 11.2 Å². The standard InChI is InChI=1S/C16H24N2O2/c1-13(2)12-20-16(19)18-9-5-15(6-10-18)11-14-3-7-17-8-4-14/h3-4,7-8,13,15H,5-6,9-12H2,1-2H3. The number of aromatic nitrogens is 1. The molecule has 0 atom stereocenters. The molecule has 0 spiro atoms. The Morgan fingerprint density at radius 1 is 1.35 bits per heavy atom. The minimum atomic E-state index is -0.152. The molecule has 0 N–H and O–H groups in total. The van der Waals surface area contributed by atoms with Crippen LogP contribution in [-0.4, -0.2) is 35.7 Å². The molecule has 0 aromatic carbocycles. The molecule has 1 aliphatic rings. The highest BCUT2D eigenvalue weighted by atomic mass is 16.6. The van der Waals surface area contributed by atoms with E-state index in [1.54, 1.807) is 0 Å². The van der Waals surface area contributed by atoms with Gasteiger partial charge in [0.1, 0.15) is 0 Å². The van der Waals surface area contributed by atoms with Gasteiger partial charge in [-0.25, -0.2) is 4.79 Å². The van der Waals surface area contributed by atoms with Crippen LogP contribution in [0.4, 0.5) is 4.79 Å². The molecule has 1 aromatic rings. The number of amides is 1. The summed E-state index contributed by atoms with van der Waals surface area (Å²) in [6.45, 7) is 6.23. The van der Waals surface area contributed by atoms with Crippen molar-refractivity contribution in [2.24, 2.45) is 11.8 Å². The Labute approximate surface area is 121 Å². The van der Waals surface area contributed by atoms with Crippen LogP contribution in [0.25, 0.3) is 0 Å². The summed E-state index contributed by atoms with van der Waals surface area (Å²) in [5, 5.41) is 0. The summed E-state index contributed by atoms with van der Waals surface area (Å²) < 4.78 is 5.28. The van der Waals surface area contributed by atoms with Crippen LogP contribution >= 0.6 is 0 Å². The van der Waals surface area contributed by atoms with Gasteiger partial charge in [-0.15, -0.1) is 0 Å². The van der Waals surface area contributed by atoms with Crippen molar-refractivity contribution < 1.29 is 9.53 Å². The van der Waals surface area contributed by atoms with Gasteiger partial charge < -0.3 is 9.64 Å². The quantitative estimate of drug-likeness (QED) is 0.848. The molecule has 1 aromatic heterocycles. The molecule has 2 heterocycles. The lowest BCUT2D eigenvalue weighted by atomic mass is 9.91. The molecule has 0 aliphatic carbocycles. The van der Waals surface area contributed by atoms with Gasteiger partial charge in [-0.2, -0.15) is 0 Å². The number of carbonyl (C=O) groups is 1. The number of hydrogen-bond donors (Lipinski definition) is 0. The van der Waals surface area contributed by atoms with E-state index < -0.39 is 0 Å². The second-order valence-corrected chi connectivity index (χ2v) is 5.96. The Bertz CT molecular complexity index is 412. The molecule has 110 valence electrons. The number of nitrogens with zero attached hydrogens (tertiary/aromatic N) is 2. The van der Waals surface area contributed by atoms with Crippen molar-refractivity contribution in [2.75, 3.05) is 19.7 Å². The molecule has 1 aliphatic heterocycles. The van der Waals surface area contributed by atoms with Crippen molar-refractivity contribution in [2.45, 2.75) is 33.1 Å². The van der Waals surface area contributed by atoms with Gasteiger partial charge >= 0.3 is 6.09 Å². The first-order valence-corrected chi connectivity index (χ1v) is 7.45. The third-order valence-corrected chi connectivity index (χ3v) is 3.69. The lowest BCUT2D eigenvalue weighted by Crippen LogP contribution is -2.39. The minimum Gasteiger partial charge on any atom is -0.449 e. The minimum absolute atomic E-state index is 0.152. The normalized spacial score (nSPS) is 16.4. The first-order chi connectivity index (χ1) is 9.65. The molecule has 1 saturated heterocycles. The average Bonchev–Trinajstić information content (AvgIpc) is 2.46. The van der Waals surface area contributed by atoms with E-state index in [4.69, 9.17) is 4.74 Å². The Morgan fingerprint density at radius 2 is 2.00 bits per heavy atom. The molecule has 2 rings (SSSR count). The largest absolute Gasteiger partial charge is 0.449 e. The Balaban J connectivity index is 1.73. The number of pyridine rings is 1. The molecular formula is C16H24N2O2. The zero-order valence-corrected chi connectivity index (χ0v) is 12.4. The average molecular weight is 276 g/mol. The van der Waals surface area contributed by atoms with Crippen molar-refractivity contribution >= 4 is 6.09 Å². The van der Waals surface area contributed by atoms with E-state index >= 15 is 0 Å². The highest BCUT2D eigenvalue weighted by Crippen LogP contribution is 2.21. The summed E-state index contributed by atoms with van der Waals surface area (Å²) in [6.07, 6.45) is 6.72. The molecule has 0 radical (unpaired) electrons. The van der Waals surface area contributed by atoms with Crippen LogP contribution < -0.4 is 0 Å². The smallest absolute Gasteiger partial charge is 0.409 e. The van der Waals surface area contributed by atoms with Crippen molar-refractivity contribution in [1.82, 2.24) is 9.88 Å². The summed E-state index contributed by atoms with van der Waals surface area (Å²) in [7, 11) is 0. The van der Waals surface area contributed by atoms with Gasteiger partial charge in [0.05, 0.1) is 6.61 Å². The predicted molar refractivity (Wildman–Crippen MR) is 78.4 cm³/mol. The van der Waals surface area contributed by atoms with Crippen LogP contribution in [0.5, 0.6) is 0 Å². The highest BCUT2D eigenvalue weighted by Gasteiger charge is 2.23. The van der Waals surface area contributed by atoms with E-state index in [0.29, 0.717) is 18.4 Å². The van der Waals surface area contributed by atoms with E-state index in [2.05, 4.69) is 17.1 Å². The van der Waals surface area contributed by atoms with Crippen molar-refractivity contribution in [3.05, 3.63) is 30.1 Å². The maximum atomic E-state index is 11.9. The first-order valence-electron chi connectivity index (χ1n) is 7.45. The SMILES string of the molecule is CC(C)COC(=O)N1CCC(Cc2ccncc2)CC1. The van der Waals surface area contributed by atoms with E-state index in [1.165, 1.54) is 5.56 Å². The monoisotopic (exact) mass is 276 g/mol. The molecular weight excluding hydrogens is 252 g/mol. The van der Waals surface area contributed by atoms with E-state index in [1.807, 2.05) is 31.1 Å². The van der Waals surface area contributed by atoms with Crippen molar-refractivity contribution in [1.29, 1.82) is 0 Å². The molecule has 4 nitrogen and oxygen atoms in total. The summed E-state index contributed by atoms with van der Waals surface area (Å²) in [6, 6.07) is 4.15. The molecule has 1 amide bonds. The van der Waals surface area contributed by atoms with Gasteiger partial charge in [-0.3, -0.25) is 4.98 Å². The van der Waals surface area contributed by atoms with Gasteiger partial charge in [0.25, 0.3) is 0 Å². The maximum Gasteiger partial charge on any atom is 0.409 e. The third-order valence-electron chi connectivity index (χ3n) is 3.69. The summed E-state index contributed by atoms with van der Waals surface area (Å²) in [5.41, 5.74) is 1.33. The number of carbonyl (C=O) groups excluding carboxylic acids is 1. The molecule has 20 heavy (non-hydrogen) atoms. The third kappa shape index (κ3) is 4.51. The van der Waals surface area contributed by atoms with Gasteiger partial charge in [-0.05, 0) is 48.8 Å². The number of piperidine rings is 1. The fraction of sp³-hybridized carbons (Fsp3) is 0.625. The summed E-state index contributed by atoms with van der Waals surface area (Å²) >= 11 is 0. The second kappa shape index (κ2) is 7.27. The lowest BCUT2D eigenvalue weighted by Gasteiger charge is -2.31. The predicted octanol–water partition coefficient (Wildman–Crippen LogP) is 3.13. The molecule has 1 fully saturated rings. The number of rotatable bonds is 4. The van der Waals surface area contributed by atoms with Crippen LogP contribution in [0.15, 0.2) is 24.5 Å². The summed E-state index contributed by atoms with van der Waals surface area (Å²) in [4.78, 5) is 17.7. The van der Waals surface area contributed by atoms with Crippen LogP contribution in [0, 0.1) is 11.8 Å². The maximum absolute atomic E-state index is 11.9. The fourth-order valence-electron chi connectivity index (χ4n) is 2.50. The molecule has 0 unspecified atom stereocenters. The summed E-state index contributed by atoms with van der Waals surface area (Å²) in [5.74, 6) is 1.05. The molecule has 4 heteroatoms. The zero-order chi connectivity index (χ0) is 14.4. The highest BCUT2D eigenvalue weighted by molar-refractivity contribution is 5.67. The number of hydrogen-bond acceptors (Lipinski definition) is 3. The number of likely N-dealkylation sites (tertiary alicyclic amines) is 1. The van der Waals surface area contributed by atoms with E-state index in [-0.39, 0.29) is 6.09 Å².